The van der Waals surface area contributed by atoms with E-state index in [1.54, 1.807) is 7.11 Å². The number of piperidine rings is 1. The first kappa shape index (κ1) is 12.4. The van der Waals surface area contributed by atoms with Gasteiger partial charge in [0, 0.05) is 26.7 Å². The molecule has 1 atom stereocenters. The van der Waals surface area contributed by atoms with Gasteiger partial charge in [-0.3, -0.25) is 4.79 Å². The van der Waals surface area contributed by atoms with Gasteiger partial charge < -0.3 is 20.1 Å². The summed E-state index contributed by atoms with van der Waals surface area (Å²) in [5, 5.41) is 0. The van der Waals surface area contributed by atoms with E-state index in [0.29, 0.717) is 12.6 Å². The molecule has 0 amide bonds. The Morgan fingerprint density at radius 1 is 1.47 bits per heavy atom. The summed E-state index contributed by atoms with van der Waals surface area (Å²) in [7, 11) is 3.10. The highest BCUT2D eigenvalue weighted by atomic mass is 16.5. The average molecular weight is 216 g/mol. The molecular weight excluding hydrogens is 196 g/mol. The Morgan fingerprint density at radius 2 is 2.07 bits per heavy atom. The van der Waals surface area contributed by atoms with Crippen molar-refractivity contribution in [3.8, 4) is 0 Å². The van der Waals surface area contributed by atoms with Gasteiger partial charge in [0.25, 0.3) is 0 Å². The molecule has 1 heterocycles. The van der Waals surface area contributed by atoms with E-state index in [9.17, 15) is 4.79 Å². The molecule has 88 valence electrons. The zero-order valence-corrected chi connectivity index (χ0v) is 9.44. The molecule has 5 heteroatoms. The monoisotopic (exact) mass is 216 g/mol. The van der Waals surface area contributed by atoms with E-state index >= 15 is 0 Å². The van der Waals surface area contributed by atoms with Crippen LogP contribution in [0.3, 0.4) is 0 Å². The molecule has 1 aliphatic rings. The highest BCUT2D eigenvalue weighted by Crippen LogP contribution is 2.12. The molecular formula is C10H20N2O3. The minimum absolute atomic E-state index is 0.344. The Hall–Kier alpha value is -0.650. The molecule has 15 heavy (non-hydrogen) atoms. The number of methoxy groups -OCH3 is 2. The van der Waals surface area contributed by atoms with Gasteiger partial charge in [0.1, 0.15) is 6.04 Å². The summed E-state index contributed by atoms with van der Waals surface area (Å²) < 4.78 is 9.84. The second-order valence-electron chi connectivity index (χ2n) is 3.87. The first-order chi connectivity index (χ1) is 7.17. The standard InChI is InChI=1S/C10H20N2O3/c1-14-8-3-5-12(6-4-8)7-9(11)10(13)15-2/h8-9H,3-7,11H2,1-2H3. The zero-order valence-electron chi connectivity index (χ0n) is 9.44. The fraction of sp³-hybridized carbons (Fsp3) is 0.900. The SMILES string of the molecule is COC(=O)C(N)CN1CCC(OC)CC1. The summed E-state index contributed by atoms with van der Waals surface area (Å²) >= 11 is 0. The highest BCUT2D eigenvalue weighted by molar-refractivity contribution is 5.75. The Kier molecular flexibility index (Phi) is 5.01. The molecule has 0 saturated carbocycles. The van der Waals surface area contributed by atoms with Gasteiger partial charge in [0.15, 0.2) is 0 Å². The van der Waals surface area contributed by atoms with Crippen molar-refractivity contribution < 1.29 is 14.3 Å². The zero-order chi connectivity index (χ0) is 11.3. The minimum Gasteiger partial charge on any atom is -0.468 e. The first-order valence-corrected chi connectivity index (χ1v) is 5.26. The van der Waals surface area contributed by atoms with Crippen molar-refractivity contribution in [3.05, 3.63) is 0 Å². The summed E-state index contributed by atoms with van der Waals surface area (Å²) in [6.45, 7) is 2.44. The van der Waals surface area contributed by atoms with Crippen LogP contribution >= 0.6 is 0 Å². The predicted molar refractivity (Wildman–Crippen MR) is 56.5 cm³/mol. The topological polar surface area (TPSA) is 64.8 Å². The van der Waals surface area contributed by atoms with Crippen LogP contribution in [0.4, 0.5) is 0 Å². The van der Waals surface area contributed by atoms with Crippen LogP contribution in [0.1, 0.15) is 12.8 Å². The second kappa shape index (κ2) is 6.05. The summed E-state index contributed by atoms with van der Waals surface area (Å²) in [5.41, 5.74) is 5.68. The molecule has 0 spiro atoms. The summed E-state index contributed by atoms with van der Waals surface area (Å²) in [4.78, 5) is 13.3. The maximum absolute atomic E-state index is 11.1. The maximum atomic E-state index is 11.1. The molecule has 1 aliphatic heterocycles. The van der Waals surface area contributed by atoms with Gasteiger partial charge in [0.2, 0.25) is 0 Å². The van der Waals surface area contributed by atoms with Gasteiger partial charge in [-0.25, -0.2) is 0 Å². The molecule has 0 aromatic rings. The maximum Gasteiger partial charge on any atom is 0.323 e. The molecule has 1 saturated heterocycles. The molecule has 0 radical (unpaired) electrons. The Balaban J connectivity index is 2.26. The van der Waals surface area contributed by atoms with Crippen molar-refractivity contribution in [2.75, 3.05) is 33.9 Å². The van der Waals surface area contributed by atoms with Crippen LogP contribution in [0.2, 0.25) is 0 Å². The molecule has 5 nitrogen and oxygen atoms in total. The number of nitrogens with zero attached hydrogens (tertiary/aromatic N) is 1. The van der Waals surface area contributed by atoms with Crippen molar-refractivity contribution in [1.29, 1.82) is 0 Å². The summed E-state index contributed by atoms with van der Waals surface area (Å²) in [5.74, 6) is -0.344. The van der Waals surface area contributed by atoms with Crippen LogP contribution in [0.5, 0.6) is 0 Å². The van der Waals surface area contributed by atoms with Gasteiger partial charge in [-0.1, -0.05) is 0 Å². The Labute approximate surface area is 90.5 Å². The van der Waals surface area contributed by atoms with E-state index in [1.165, 1.54) is 7.11 Å². The van der Waals surface area contributed by atoms with Crippen molar-refractivity contribution >= 4 is 5.97 Å². The average Bonchev–Trinajstić information content (AvgIpc) is 2.29. The number of hydrogen-bond donors (Lipinski definition) is 1. The van der Waals surface area contributed by atoms with Crippen LogP contribution in [-0.2, 0) is 14.3 Å². The number of hydrogen-bond acceptors (Lipinski definition) is 5. The van der Waals surface area contributed by atoms with E-state index in [2.05, 4.69) is 9.64 Å². The third kappa shape index (κ3) is 3.77. The number of esters is 1. The number of likely N-dealkylation sites (tertiary alicyclic amines) is 1. The fourth-order valence-corrected chi connectivity index (χ4v) is 1.83. The third-order valence-corrected chi connectivity index (χ3v) is 2.83. The highest BCUT2D eigenvalue weighted by Gasteiger charge is 2.23. The molecule has 1 fully saturated rings. The van der Waals surface area contributed by atoms with E-state index < -0.39 is 6.04 Å². The smallest absolute Gasteiger partial charge is 0.323 e. The molecule has 0 aliphatic carbocycles. The van der Waals surface area contributed by atoms with Crippen molar-refractivity contribution in [1.82, 2.24) is 4.90 Å². The number of rotatable bonds is 4. The van der Waals surface area contributed by atoms with Crippen LogP contribution in [0.15, 0.2) is 0 Å². The quantitative estimate of drug-likeness (QED) is 0.648. The predicted octanol–water partition coefficient (Wildman–Crippen LogP) is -0.402. The molecule has 0 aromatic heterocycles. The van der Waals surface area contributed by atoms with E-state index in [4.69, 9.17) is 10.5 Å². The number of nitrogens with two attached hydrogens (primary N) is 1. The largest absolute Gasteiger partial charge is 0.468 e. The number of ether oxygens (including phenoxy) is 2. The van der Waals surface area contributed by atoms with E-state index in [1.807, 2.05) is 0 Å². The van der Waals surface area contributed by atoms with E-state index in [-0.39, 0.29) is 5.97 Å². The van der Waals surface area contributed by atoms with Crippen LogP contribution in [-0.4, -0.2) is 56.9 Å². The van der Waals surface area contributed by atoms with Gasteiger partial charge in [-0.15, -0.1) is 0 Å². The van der Waals surface area contributed by atoms with Gasteiger partial charge in [-0.05, 0) is 12.8 Å². The van der Waals surface area contributed by atoms with Crippen LogP contribution < -0.4 is 5.73 Å². The Bertz CT molecular complexity index is 203. The summed E-state index contributed by atoms with van der Waals surface area (Å²) in [6.07, 6.45) is 2.37. The minimum atomic E-state index is -0.533. The van der Waals surface area contributed by atoms with Gasteiger partial charge in [-0.2, -0.15) is 0 Å². The summed E-state index contributed by atoms with van der Waals surface area (Å²) in [6, 6.07) is -0.533. The van der Waals surface area contributed by atoms with E-state index in [0.717, 1.165) is 25.9 Å². The first-order valence-electron chi connectivity index (χ1n) is 5.26. The number of carbonyl (C=O) groups is 1. The molecule has 0 aromatic carbocycles. The van der Waals surface area contributed by atoms with Crippen molar-refractivity contribution in [3.63, 3.8) is 0 Å². The second-order valence-corrected chi connectivity index (χ2v) is 3.87. The third-order valence-electron chi connectivity index (χ3n) is 2.83. The molecule has 2 N–H and O–H groups in total. The molecule has 1 rings (SSSR count). The lowest BCUT2D eigenvalue weighted by Crippen LogP contribution is -2.46. The van der Waals surface area contributed by atoms with Crippen LogP contribution in [0.25, 0.3) is 0 Å². The lowest BCUT2D eigenvalue weighted by atomic mass is 10.1. The fourth-order valence-electron chi connectivity index (χ4n) is 1.83. The van der Waals surface area contributed by atoms with Gasteiger partial charge in [0.05, 0.1) is 13.2 Å². The van der Waals surface area contributed by atoms with Crippen molar-refractivity contribution in [2.24, 2.45) is 5.73 Å². The van der Waals surface area contributed by atoms with Crippen LogP contribution in [0, 0.1) is 0 Å². The van der Waals surface area contributed by atoms with Crippen molar-refractivity contribution in [2.45, 2.75) is 25.0 Å². The number of carbonyl (C=O) groups excluding carboxylic acids is 1. The van der Waals surface area contributed by atoms with Gasteiger partial charge >= 0.3 is 5.97 Å². The lowest BCUT2D eigenvalue weighted by molar-refractivity contribution is -0.142. The normalized spacial score (nSPS) is 21.3. The molecule has 0 bridgehead atoms. The lowest BCUT2D eigenvalue weighted by Gasteiger charge is -2.32. The molecule has 1 unspecified atom stereocenters. The Morgan fingerprint density at radius 3 is 2.53 bits per heavy atom.